The molecule has 8 heteroatoms. The summed E-state index contributed by atoms with van der Waals surface area (Å²) in [4.78, 5) is 4.62. The minimum atomic E-state index is -0.263. The second-order valence-electron chi connectivity index (χ2n) is 8.27. The Balaban J connectivity index is 1.63. The molecule has 1 aliphatic heterocycles. The zero-order valence-electron chi connectivity index (χ0n) is 17.9. The number of ether oxygens (including phenoxy) is 2. The van der Waals surface area contributed by atoms with Crippen molar-refractivity contribution in [1.29, 1.82) is 0 Å². The molecule has 4 rings (SSSR count). The molecule has 0 bridgehead atoms. The molecule has 2 aromatic heterocycles. The third kappa shape index (κ3) is 3.84. The Labute approximate surface area is 175 Å². The highest BCUT2D eigenvalue weighted by atomic mass is 19.1. The second kappa shape index (κ2) is 8.18. The number of hydrogen-bond acceptors (Lipinski definition) is 6. The van der Waals surface area contributed by atoms with Crippen molar-refractivity contribution in [3.63, 3.8) is 0 Å². The quantitative estimate of drug-likeness (QED) is 0.655. The highest BCUT2D eigenvalue weighted by Crippen LogP contribution is 2.37. The van der Waals surface area contributed by atoms with Gasteiger partial charge >= 0.3 is 0 Å². The van der Waals surface area contributed by atoms with Crippen molar-refractivity contribution >= 4 is 11.6 Å². The van der Waals surface area contributed by atoms with E-state index in [2.05, 4.69) is 34.3 Å². The van der Waals surface area contributed by atoms with Gasteiger partial charge in [-0.25, -0.2) is 9.37 Å². The largest absolute Gasteiger partial charge is 0.496 e. The van der Waals surface area contributed by atoms with Gasteiger partial charge in [-0.15, -0.1) is 10.2 Å². The van der Waals surface area contributed by atoms with Crippen LogP contribution in [0.2, 0.25) is 0 Å². The van der Waals surface area contributed by atoms with Gasteiger partial charge in [0.05, 0.1) is 12.7 Å². The molecule has 1 atom stereocenters. The van der Waals surface area contributed by atoms with E-state index >= 15 is 0 Å². The molecular weight excluding hydrogens is 385 g/mol. The van der Waals surface area contributed by atoms with Crippen LogP contribution in [0, 0.1) is 5.82 Å². The van der Waals surface area contributed by atoms with Crippen LogP contribution in [0.3, 0.4) is 0 Å². The van der Waals surface area contributed by atoms with Crippen LogP contribution in [0.15, 0.2) is 24.7 Å². The molecule has 1 unspecified atom stereocenters. The standard InChI is InChI=1S/C22H28FN5O2/c1-5-15-17(18(23)6-7-19(15)29-4)12-25-21-24-11-16(20-27-26-13-28(20)21)14-8-9-30-22(2,3)10-14/h6-7,11,13-14H,5,8-10,12H2,1-4H3,(H,24,25). The molecule has 0 spiro atoms. The summed E-state index contributed by atoms with van der Waals surface area (Å²) in [5.74, 6) is 1.32. The van der Waals surface area contributed by atoms with Gasteiger partial charge in [0.1, 0.15) is 17.9 Å². The summed E-state index contributed by atoms with van der Waals surface area (Å²) in [6.45, 7) is 7.21. The molecule has 1 fully saturated rings. The molecule has 3 heterocycles. The van der Waals surface area contributed by atoms with Crippen LogP contribution < -0.4 is 10.1 Å². The van der Waals surface area contributed by atoms with Crippen molar-refractivity contribution < 1.29 is 13.9 Å². The van der Waals surface area contributed by atoms with Gasteiger partial charge in [0.25, 0.3) is 0 Å². The van der Waals surface area contributed by atoms with Gasteiger partial charge in [-0.05, 0) is 51.2 Å². The van der Waals surface area contributed by atoms with E-state index in [1.54, 1.807) is 19.5 Å². The van der Waals surface area contributed by atoms with Crippen LogP contribution in [0.5, 0.6) is 5.75 Å². The zero-order valence-corrected chi connectivity index (χ0v) is 17.9. The lowest BCUT2D eigenvalue weighted by Gasteiger charge is -2.35. The maximum absolute atomic E-state index is 14.5. The lowest BCUT2D eigenvalue weighted by atomic mass is 9.84. The van der Waals surface area contributed by atoms with Crippen molar-refractivity contribution in [3.05, 3.63) is 47.2 Å². The first-order chi connectivity index (χ1) is 14.4. The predicted molar refractivity (Wildman–Crippen MR) is 112 cm³/mol. The van der Waals surface area contributed by atoms with Gasteiger partial charge < -0.3 is 14.8 Å². The number of nitrogens with one attached hydrogen (secondary N) is 1. The van der Waals surface area contributed by atoms with Gasteiger partial charge in [-0.3, -0.25) is 4.40 Å². The summed E-state index contributed by atoms with van der Waals surface area (Å²) < 4.78 is 27.6. The van der Waals surface area contributed by atoms with Gasteiger partial charge in [0.2, 0.25) is 5.95 Å². The summed E-state index contributed by atoms with van der Waals surface area (Å²) in [7, 11) is 1.60. The first-order valence-corrected chi connectivity index (χ1v) is 10.3. The summed E-state index contributed by atoms with van der Waals surface area (Å²) >= 11 is 0. The Morgan fingerprint density at radius 3 is 2.90 bits per heavy atom. The lowest BCUT2D eigenvalue weighted by Crippen LogP contribution is -2.33. The fourth-order valence-corrected chi connectivity index (χ4v) is 4.33. The van der Waals surface area contributed by atoms with E-state index in [1.165, 1.54) is 6.07 Å². The molecule has 1 saturated heterocycles. The highest BCUT2D eigenvalue weighted by molar-refractivity contribution is 5.53. The number of nitrogens with zero attached hydrogens (tertiary/aromatic N) is 4. The van der Waals surface area contributed by atoms with Crippen molar-refractivity contribution in [2.45, 2.75) is 58.1 Å². The molecule has 0 saturated carbocycles. The lowest BCUT2D eigenvalue weighted by molar-refractivity contribution is -0.0592. The van der Waals surface area contributed by atoms with Crippen LogP contribution in [-0.4, -0.2) is 38.9 Å². The van der Waals surface area contributed by atoms with Crippen molar-refractivity contribution in [3.8, 4) is 5.75 Å². The molecule has 0 amide bonds. The Bertz CT molecular complexity index is 1050. The average molecular weight is 413 g/mol. The van der Waals surface area contributed by atoms with E-state index in [-0.39, 0.29) is 18.0 Å². The molecule has 0 aliphatic carbocycles. The van der Waals surface area contributed by atoms with E-state index in [9.17, 15) is 4.39 Å². The number of hydrogen-bond donors (Lipinski definition) is 1. The van der Waals surface area contributed by atoms with E-state index in [4.69, 9.17) is 9.47 Å². The zero-order chi connectivity index (χ0) is 21.3. The number of methoxy groups -OCH3 is 1. The van der Waals surface area contributed by atoms with Gasteiger partial charge in [0.15, 0.2) is 5.65 Å². The number of rotatable bonds is 6. The SMILES string of the molecule is CCc1c(OC)ccc(F)c1CNc1ncc(C2CCOC(C)(C)C2)c2nncn12. The predicted octanol–water partition coefficient (Wildman–Crippen LogP) is 4.12. The average Bonchev–Trinajstić information content (AvgIpc) is 3.21. The van der Waals surface area contributed by atoms with Crippen LogP contribution in [0.25, 0.3) is 5.65 Å². The topological polar surface area (TPSA) is 73.6 Å². The summed E-state index contributed by atoms with van der Waals surface area (Å²) in [5, 5.41) is 11.7. The number of fused-ring (bicyclic) bond motifs is 1. The Hall–Kier alpha value is -2.74. The van der Waals surface area contributed by atoms with Gasteiger partial charge in [-0.1, -0.05) is 6.92 Å². The molecule has 160 valence electrons. The molecule has 3 aromatic rings. The van der Waals surface area contributed by atoms with Crippen molar-refractivity contribution in [1.82, 2.24) is 19.6 Å². The molecule has 1 aromatic carbocycles. The summed E-state index contributed by atoms with van der Waals surface area (Å²) in [6, 6.07) is 3.10. The molecule has 1 N–H and O–H groups in total. The Morgan fingerprint density at radius 1 is 1.33 bits per heavy atom. The fourth-order valence-electron chi connectivity index (χ4n) is 4.33. The summed E-state index contributed by atoms with van der Waals surface area (Å²) in [6.07, 6.45) is 6.00. The van der Waals surface area contributed by atoms with E-state index in [1.807, 2.05) is 17.5 Å². The fraction of sp³-hybridized carbons (Fsp3) is 0.500. The van der Waals surface area contributed by atoms with Crippen LogP contribution >= 0.6 is 0 Å². The van der Waals surface area contributed by atoms with Crippen LogP contribution in [-0.2, 0) is 17.7 Å². The van der Waals surface area contributed by atoms with Crippen LogP contribution in [0.1, 0.15) is 56.2 Å². The molecule has 7 nitrogen and oxygen atoms in total. The van der Waals surface area contributed by atoms with Gasteiger partial charge in [-0.2, -0.15) is 0 Å². The first-order valence-electron chi connectivity index (χ1n) is 10.3. The maximum atomic E-state index is 14.5. The summed E-state index contributed by atoms with van der Waals surface area (Å²) in [5.41, 5.74) is 3.10. The minimum Gasteiger partial charge on any atom is -0.496 e. The van der Waals surface area contributed by atoms with E-state index in [0.717, 1.165) is 29.6 Å². The second-order valence-corrected chi connectivity index (χ2v) is 8.27. The maximum Gasteiger partial charge on any atom is 0.210 e. The molecule has 0 radical (unpaired) electrons. The number of halogens is 1. The molecule has 1 aliphatic rings. The van der Waals surface area contributed by atoms with Crippen molar-refractivity contribution in [2.75, 3.05) is 19.0 Å². The normalized spacial score (nSPS) is 18.5. The third-order valence-electron chi connectivity index (χ3n) is 5.82. The third-order valence-corrected chi connectivity index (χ3v) is 5.82. The molecular formula is C22H28FN5O2. The van der Waals surface area contributed by atoms with Gasteiger partial charge in [0, 0.05) is 36.0 Å². The minimum absolute atomic E-state index is 0.169. The van der Waals surface area contributed by atoms with Crippen LogP contribution in [0.4, 0.5) is 10.3 Å². The highest BCUT2D eigenvalue weighted by Gasteiger charge is 2.31. The Morgan fingerprint density at radius 2 is 2.17 bits per heavy atom. The van der Waals surface area contributed by atoms with Crippen molar-refractivity contribution in [2.24, 2.45) is 0 Å². The van der Waals surface area contributed by atoms with E-state index < -0.39 is 0 Å². The molecule has 30 heavy (non-hydrogen) atoms. The monoisotopic (exact) mass is 413 g/mol. The smallest absolute Gasteiger partial charge is 0.210 e. The number of anilines is 1. The Kier molecular flexibility index (Phi) is 5.60. The number of aromatic nitrogens is 4. The number of benzene rings is 1. The van der Waals surface area contributed by atoms with E-state index in [0.29, 0.717) is 36.2 Å². The first kappa shape index (κ1) is 20.5.